The molecule has 0 radical (unpaired) electrons. The lowest BCUT2D eigenvalue weighted by molar-refractivity contribution is -0.113. The minimum Gasteiger partial charge on any atom is -0.497 e. The fourth-order valence-electron chi connectivity index (χ4n) is 1.55. The fourth-order valence-corrected chi connectivity index (χ4v) is 2.26. The molecule has 0 spiro atoms. The Kier molecular flexibility index (Phi) is 5.33. The number of ether oxygens (including phenoxy) is 1. The highest BCUT2D eigenvalue weighted by Crippen LogP contribution is 2.15. The van der Waals surface area contributed by atoms with Crippen molar-refractivity contribution in [3.8, 4) is 5.75 Å². The van der Waals surface area contributed by atoms with Gasteiger partial charge in [-0.3, -0.25) is 14.9 Å². The Labute approximate surface area is 125 Å². The number of methoxy groups -OCH3 is 1. The van der Waals surface area contributed by atoms with Crippen LogP contribution in [0.2, 0.25) is 0 Å². The number of aromatic amines is 1. The minimum atomic E-state index is -0.241. The fraction of sp³-hybridized carbons (Fsp3) is 0.231. The molecule has 2 N–H and O–H groups in total. The SMILES string of the molecule is COc1cccc(C(=O)CSCC(=O)Nc2ncn[nH]2)c1. The molecular formula is C13H14N4O3S. The van der Waals surface area contributed by atoms with E-state index in [9.17, 15) is 9.59 Å². The summed E-state index contributed by atoms with van der Waals surface area (Å²) in [6.07, 6.45) is 1.30. The molecule has 7 nitrogen and oxygen atoms in total. The Hall–Kier alpha value is -2.35. The molecule has 0 atom stereocenters. The summed E-state index contributed by atoms with van der Waals surface area (Å²) in [5.74, 6) is 1.02. The van der Waals surface area contributed by atoms with Gasteiger partial charge in [0.2, 0.25) is 11.9 Å². The average Bonchev–Trinajstić information content (AvgIpc) is 3.00. The molecule has 0 aliphatic rings. The van der Waals surface area contributed by atoms with Crippen LogP contribution in [-0.2, 0) is 4.79 Å². The number of benzene rings is 1. The van der Waals surface area contributed by atoms with Crippen molar-refractivity contribution in [3.05, 3.63) is 36.2 Å². The molecule has 1 aromatic carbocycles. The summed E-state index contributed by atoms with van der Waals surface area (Å²) in [6, 6.07) is 6.93. The zero-order valence-electron chi connectivity index (χ0n) is 11.3. The Morgan fingerprint density at radius 3 is 2.95 bits per heavy atom. The summed E-state index contributed by atoms with van der Waals surface area (Å²) in [4.78, 5) is 27.3. The highest BCUT2D eigenvalue weighted by Gasteiger charge is 2.09. The summed E-state index contributed by atoms with van der Waals surface area (Å²) < 4.78 is 5.07. The quantitative estimate of drug-likeness (QED) is 0.750. The third kappa shape index (κ3) is 4.60. The molecule has 0 fully saturated rings. The number of amides is 1. The van der Waals surface area contributed by atoms with Crippen LogP contribution in [0.5, 0.6) is 5.75 Å². The number of anilines is 1. The van der Waals surface area contributed by atoms with Crippen LogP contribution in [-0.4, -0.2) is 45.5 Å². The highest BCUT2D eigenvalue weighted by molar-refractivity contribution is 8.00. The molecule has 0 unspecified atom stereocenters. The van der Waals surface area contributed by atoms with Crippen LogP contribution in [0.25, 0.3) is 0 Å². The largest absolute Gasteiger partial charge is 0.497 e. The second-order valence-corrected chi connectivity index (χ2v) is 5.02. The number of ketones is 1. The maximum atomic E-state index is 12.0. The van der Waals surface area contributed by atoms with E-state index in [1.807, 2.05) is 0 Å². The van der Waals surface area contributed by atoms with E-state index in [4.69, 9.17) is 4.74 Å². The number of aromatic nitrogens is 3. The van der Waals surface area contributed by atoms with Gasteiger partial charge in [0.05, 0.1) is 18.6 Å². The van der Waals surface area contributed by atoms with Gasteiger partial charge < -0.3 is 4.74 Å². The van der Waals surface area contributed by atoms with E-state index < -0.39 is 0 Å². The first-order valence-electron chi connectivity index (χ1n) is 6.09. The normalized spacial score (nSPS) is 10.1. The van der Waals surface area contributed by atoms with Crippen molar-refractivity contribution in [2.24, 2.45) is 0 Å². The molecule has 1 heterocycles. The van der Waals surface area contributed by atoms with Gasteiger partial charge in [-0.1, -0.05) is 12.1 Å². The summed E-state index contributed by atoms with van der Waals surface area (Å²) >= 11 is 1.24. The number of thioether (sulfide) groups is 1. The van der Waals surface area contributed by atoms with Crippen LogP contribution in [0, 0.1) is 0 Å². The van der Waals surface area contributed by atoms with Gasteiger partial charge in [0.25, 0.3) is 0 Å². The molecule has 0 saturated carbocycles. The van der Waals surface area contributed by atoms with E-state index in [1.54, 1.807) is 31.4 Å². The van der Waals surface area contributed by atoms with E-state index >= 15 is 0 Å². The standard InChI is InChI=1S/C13H14N4O3S/c1-20-10-4-2-3-9(5-10)11(18)6-21-7-12(19)16-13-14-8-15-17-13/h2-5,8H,6-7H2,1H3,(H2,14,15,16,17,19). The molecule has 21 heavy (non-hydrogen) atoms. The number of H-pyrrole nitrogens is 1. The third-order valence-electron chi connectivity index (χ3n) is 2.53. The van der Waals surface area contributed by atoms with Crippen molar-refractivity contribution in [2.75, 3.05) is 23.9 Å². The predicted molar refractivity (Wildman–Crippen MR) is 79.7 cm³/mol. The van der Waals surface area contributed by atoms with Gasteiger partial charge in [-0.15, -0.1) is 11.8 Å². The number of Topliss-reactive ketones (excluding diaryl/α,β-unsaturated/α-hetero) is 1. The first-order valence-corrected chi connectivity index (χ1v) is 7.24. The van der Waals surface area contributed by atoms with Gasteiger partial charge >= 0.3 is 0 Å². The van der Waals surface area contributed by atoms with Gasteiger partial charge in [0.1, 0.15) is 12.1 Å². The maximum absolute atomic E-state index is 12.0. The van der Waals surface area contributed by atoms with Gasteiger partial charge in [0, 0.05) is 5.56 Å². The maximum Gasteiger partial charge on any atom is 0.236 e. The molecule has 110 valence electrons. The molecular weight excluding hydrogens is 292 g/mol. The number of carbonyl (C=O) groups excluding carboxylic acids is 2. The molecule has 0 bridgehead atoms. The average molecular weight is 306 g/mol. The predicted octanol–water partition coefficient (Wildman–Crippen LogP) is 1.37. The molecule has 1 amide bonds. The molecule has 0 aliphatic carbocycles. The molecule has 0 saturated heterocycles. The Morgan fingerprint density at radius 2 is 2.24 bits per heavy atom. The molecule has 2 aromatic rings. The number of nitrogens with zero attached hydrogens (tertiary/aromatic N) is 2. The first-order chi connectivity index (χ1) is 10.2. The summed E-state index contributed by atoms with van der Waals surface area (Å²) in [5.41, 5.74) is 0.567. The highest BCUT2D eigenvalue weighted by atomic mass is 32.2. The van der Waals surface area contributed by atoms with E-state index in [2.05, 4.69) is 20.5 Å². The number of hydrogen-bond acceptors (Lipinski definition) is 6. The number of nitrogens with one attached hydrogen (secondary N) is 2. The van der Waals surface area contributed by atoms with Crippen molar-refractivity contribution >= 4 is 29.4 Å². The van der Waals surface area contributed by atoms with Crippen LogP contribution in [0.1, 0.15) is 10.4 Å². The van der Waals surface area contributed by atoms with Gasteiger partial charge in [-0.05, 0) is 12.1 Å². The molecule has 2 rings (SSSR count). The number of hydrogen-bond donors (Lipinski definition) is 2. The second kappa shape index (κ2) is 7.44. The van der Waals surface area contributed by atoms with Crippen LogP contribution < -0.4 is 10.1 Å². The minimum absolute atomic E-state index is 0.0497. The van der Waals surface area contributed by atoms with Gasteiger partial charge in [-0.2, -0.15) is 10.1 Å². The lowest BCUT2D eigenvalue weighted by atomic mass is 10.1. The zero-order chi connectivity index (χ0) is 15.1. The first kappa shape index (κ1) is 15.0. The van der Waals surface area contributed by atoms with E-state index in [1.165, 1.54) is 18.1 Å². The van der Waals surface area contributed by atoms with Crippen LogP contribution in [0.4, 0.5) is 5.95 Å². The van der Waals surface area contributed by atoms with Crippen LogP contribution in [0.15, 0.2) is 30.6 Å². The Bertz CT molecular complexity index is 616. The van der Waals surface area contributed by atoms with Crippen molar-refractivity contribution in [1.82, 2.24) is 15.2 Å². The smallest absolute Gasteiger partial charge is 0.236 e. The summed E-state index contributed by atoms with van der Waals surface area (Å²) in [5, 5.41) is 8.67. The van der Waals surface area contributed by atoms with Crippen molar-refractivity contribution in [3.63, 3.8) is 0 Å². The van der Waals surface area contributed by atoms with Crippen molar-refractivity contribution < 1.29 is 14.3 Å². The van der Waals surface area contributed by atoms with Crippen LogP contribution in [0.3, 0.4) is 0 Å². The summed E-state index contributed by atoms with van der Waals surface area (Å²) in [6.45, 7) is 0. The van der Waals surface area contributed by atoms with E-state index in [0.717, 1.165) is 0 Å². The monoisotopic (exact) mass is 306 g/mol. The second-order valence-electron chi connectivity index (χ2n) is 4.03. The molecule has 8 heteroatoms. The zero-order valence-corrected chi connectivity index (χ0v) is 12.1. The lowest BCUT2D eigenvalue weighted by Crippen LogP contribution is -2.16. The molecule has 0 aliphatic heterocycles. The number of rotatable bonds is 7. The Morgan fingerprint density at radius 1 is 1.38 bits per heavy atom. The topological polar surface area (TPSA) is 97.0 Å². The summed E-state index contributed by atoms with van der Waals surface area (Å²) in [7, 11) is 1.55. The Balaban J connectivity index is 1.77. The van der Waals surface area contributed by atoms with Gasteiger partial charge in [0.15, 0.2) is 5.78 Å². The van der Waals surface area contributed by atoms with Crippen molar-refractivity contribution in [1.29, 1.82) is 0 Å². The third-order valence-corrected chi connectivity index (χ3v) is 3.46. The number of carbonyl (C=O) groups is 2. The van der Waals surface area contributed by atoms with Gasteiger partial charge in [-0.25, -0.2) is 5.10 Å². The van der Waals surface area contributed by atoms with E-state index in [0.29, 0.717) is 17.3 Å². The van der Waals surface area contributed by atoms with Crippen LogP contribution >= 0.6 is 11.8 Å². The lowest BCUT2D eigenvalue weighted by Gasteiger charge is -2.04. The molecule has 1 aromatic heterocycles. The van der Waals surface area contributed by atoms with E-state index in [-0.39, 0.29) is 23.2 Å². The van der Waals surface area contributed by atoms with Crippen molar-refractivity contribution in [2.45, 2.75) is 0 Å².